The lowest BCUT2D eigenvalue weighted by Gasteiger charge is -2.11. The average molecular weight is 202 g/mol. The monoisotopic (exact) mass is 202 g/mol. The van der Waals surface area contributed by atoms with E-state index in [9.17, 15) is 13.9 Å². The molecule has 0 atom stereocenters. The first-order valence-electron chi connectivity index (χ1n) is 4.27. The Balaban J connectivity index is 3.28. The highest BCUT2D eigenvalue weighted by Gasteiger charge is 2.18. The number of alkyl halides is 2. The predicted octanol–water partition coefficient (Wildman–Crippen LogP) is 3.16. The van der Waals surface area contributed by atoms with Crippen molar-refractivity contribution >= 4 is 0 Å². The molecule has 0 aromatic heterocycles. The Bertz CT molecular complexity index is 335. The molecule has 0 aliphatic rings. The summed E-state index contributed by atoms with van der Waals surface area (Å²) in [5.74, 6) is -1.20. The number of rotatable bonds is 2. The Morgan fingerprint density at radius 1 is 1.14 bits per heavy atom. The summed E-state index contributed by atoms with van der Waals surface area (Å²) in [4.78, 5) is 0. The molecule has 0 radical (unpaired) electrons. The molecule has 0 aliphatic heterocycles. The minimum Gasteiger partial charge on any atom is -0.504 e. The topological polar surface area (TPSA) is 40.5 Å². The number of hydrogen-bond acceptors (Lipinski definition) is 2. The number of hydrogen-bond donors (Lipinski definition) is 2. The van der Waals surface area contributed by atoms with Crippen molar-refractivity contribution < 1.29 is 19.0 Å². The highest BCUT2D eigenvalue weighted by Crippen LogP contribution is 2.38. The number of phenolic OH excluding ortho intramolecular Hbond substituents is 2. The Morgan fingerprint density at radius 2 is 1.71 bits per heavy atom. The zero-order valence-corrected chi connectivity index (χ0v) is 7.96. The van der Waals surface area contributed by atoms with Crippen molar-refractivity contribution in [3.8, 4) is 11.5 Å². The molecule has 2 N–H and O–H groups in total. The molecule has 0 saturated carbocycles. The zero-order chi connectivity index (χ0) is 10.9. The Morgan fingerprint density at radius 3 is 2.14 bits per heavy atom. The summed E-state index contributed by atoms with van der Waals surface area (Å²) in [6.07, 6.45) is -2.78. The Hall–Kier alpha value is -1.32. The molecule has 2 nitrogen and oxygen atoms in total. The van der Waals surface area contributed by atoms with Crippen molar-refractivity contribution in [2.75, 3.05) is 0 Å². The summed E-state index contributed by atoms with van der Waals surface area (Å²) in [5.41, 5.74) is 0.0595. The molecule has 0 spiro atoms. The van der Waals surface area contributed by atoms with E-state index in [1.807, 2.05) is 13.8 Å². The van der Waals surface area contributed by atoms with Gasteiger partial charge in [-0.1, -0.05) is 13.8 Å². The molecular weight excluding hydrogens is 190 g/mol. The van der Waals surface area contributed by atoms with Crippen molar-refractivity contribution in [1.82, 2.24) is 0 Å². The van der Waals surface area contributed by atoms with Crippen LogP contribution in [0.1, 0.15) is 37.3 Å². The van der Waals surface area contributed by atoms with E-state index in [2.05, 4.69) is 0 Å². The molecule has 0 unspecified atom stereocenters. The van der Waals surface area contributed by atoms with Crippen LogP contribution in [0.2, 0.25) is 0 Å². The van der Waals surface area contributed by atoms with Crippen molar-refractivity contribution in [3.05, 3.63) is 23.3 Å². The number of phenols is 2. The first-order chi connectivity index (χ1) is 6.43. The van der Waals surface area contributed by atoms with Crippen LogP contribution in [-0.2, 0) is 0 Å². The van der Waals surface area contributed by atoms with Gasteiger partial charge in [-0.05, 0) is 23.6 Å². The SMILES string of the molecule is CC(C)c1cc(O)c(O)c(C(F)F)c1. The maximum Gasteiger partial charge on any atom is 0.267 e. The van der Waals surface area contributed by atoms with Gasteiger partial charge < -0.3 is 10.2 Å². The van der Waals surface area contributed by atoms with E-state index < -0.39 is 23.5 Å². The van der Waals surface area contributed by atoms with Crippen LogP contribution in [0.5, 0.6) is 11.5 Å². The first-order valence-corrected chi connectivity index (χ1v) is 4.27. The molecule has 1 aromatic rings. The lowest BCUT2D eigenvalue weighted by atomic mass is 10.00. The predicted molar refractivity (Wildman–Crippen MR) is 48.8 cm³/mol. The van der Waals surface area contributed by atoms with Crippen molar-refractivity contribution in [1.29, 1.82) is 0 Å². The van der Waals surface area contributed by atoms with E-state index >= 15 is 0 Å². The second-order valence-corrected chi connectivity index (χ2v) is 3.43. The normalized spacial score (nSPS) is 11.3. The average Bonchev–Trinajstić information content (AvgIpc) is 2.08. The standard InChI is InChI=1S/C10H12F2O2/c1-5(2)6-3-7(10(11)12)9(14)8(13)4-6/h3-5,10,13-14H,1-2H3. The highest BCUT2D eigenvalue weighted by molar-refractivity contribution is 5.48. The quantitative estimate of drug-likeness (QED) is 0.723. The zero-order valence-electron chi connectivity index (χ0n) is 7.96. The molecule has 1 aromatic carbocycles. The van der Waals surface area contributed by atoms with Gasteiger partial charge in [0.25, 0.3) is 6.43 Å². The van der Waals surface area contributed by atoms with Gasteiger partial charge >= 0.3 is 0 Å². The minimum atomic E-state index is -2.78. The fourth-order valence-electron chi connectivity index (χ4n) is 1.16. The molecule has 0 aliphatic carbocycles. The third-order valence-electron chi connectivity index (χ3n) is 2.04. The van der Waals surface area contributed by atoms with E-state index in [1.165, 1.54) is 12.1 Å². The van der Waals surface area contributed by atoms with Gasteiger partial charge in [0, 0.05) is 0 Å². The maximum atomic E-state index is 12.4. The first kappa shape index (κ1) is 10.8. The second kappa shape index (κ2) is 3.82. The molecule has 0 amide bonds. The van der Waals surface area contributed by atoms with Gasteiger partial charge in [0.2, 0.25) is 0 Å². The largest absolute Gasteiger partial charge is 0.504 e. The van der Waals surface area contributed by atoms with Gasteiger partial charge in [0.15, 0.2) is 11.5 Å². The van der Waals surface area contributed by atoms with Crippen LogP contribution >= 0.6 is 0 Å². The van der Waals surface area contributed by atoms with E-state index in [-0.39, 0.29) is 5.92 Å². The number of benzene rings is 1. The molecule has 0 fully saturated rings. The van der Waals surface area contributed by atoms with Gasteiger partial charge in [-0.15, -0.1) is 0 Å². The Kier molecular flexibility index (Phi) is 2.93. The van der Waals surface area contributed by atoms with Crippen molar-refractivity contribution in [2.45, 2.75) is 26.2 Å². The summed E-state index contributed by atoms with van der Waals surface area (Å²) < 4.78 is 24.8. The Labute approximate surface area is 80.8 Å². The smallest absolute Gasteiger partial charge is 0.267 e. The summed E-state index contributed by atoms with van der Waals surface area (Å²) in [6, 6.07) is 2.51. The van der Waals surface area contributed by atoms with E-state index in [0.717, 1.165) is 0 Å². The van der Waals surface area contributed by atoms with E-state index in [1.54, 1.807) is 0 Å². The van der Waals surface area contributed by atoms with E-state index in [0.29, 0.717) is 5.56 Å². The van der Waals surface area contributed by atoms with Gasteiger partial charge in [-0.25, -0.2) is 8.78 Å². The lowest BCUT2D eigenvalue weighted by Crippen LogP contribution is -1.92. The lowest BCUT2D eigenvalue weighted by molar-refractivity contribution is 0.146. The van der Waals surface area contributed by atoms with Gasteiger partial charge in [0.05, 0.1) is 5.56 Å². The summed E-state index contributed by atoms with van der Waals surface area (Å²) in [6.45, 7) is 3.64. The molecule has 0 bridgehead atoms. The van der Waals surface area contributed by atoms with Gasteiger partial charge in [-0.3, -0.25) is 0 Å². The fourth-order valence-corrected chi connectivity index (χ4v) is 1.16. The van der Waals surface area contributed by atoms with Crippen LogP contribution < -0.4 is 0 Å². The van der Waals surface area contributed by atoms with E-state index in [4.69, 9.17) is 5.11 Å². The molecule has 0 saturated heterocycles. The number of aromatic hydroxyl groups is 2. The second-order valence-electron chi connectivity index (χ2n) is 3.43. The van der Waals surface area contributed by atoms with Crippen molar-refractivity contribution in [3.63, 3.8) is 0 Å². The van der Waals surface area contributed by atoms with Crippen LogP contribution in [0.3, 0.4) is 0 Å². The van der Waals surface area contributed by atoms with Crippen LogP contribution in [0.25, 0.3) is 0 Å². The highest BCUT2D eigenvalue weighted by atomic mass is 19.3. The fraction of sp³-hybridized carbons (Fsp3) is 0.400. The maximum absolute atomic E-state index is 12.4. The summed E-state index contributed by atoms with van der Waals surface area (Å²) in [7, 11) is 0. The van der Waals surface area contributed by atoms with Gasteiger partial charge in [-0.2, -0.15) is 0 Å². The molecule has 4 heteroatoms. The summed E-state index contributed by atoms with van der Waals surface area (Å²) >= 11 is 0. The van der Waals surface area contributed by atoms with Crippen LogP contribution in [0.15, 0.2) is 12.1 Å². The van der Waals surface area contributed by atoms with Crippen LogP contribution in [-0.4, -0.2) is 10.2 Å². The molecular formula is C10H12F2O2. The molecule has 1 rings (SSSR count). The van der Waals surface area contributed by atoms with Gasteiger partial charge in [0.1, 0.15) is 0 Å². The third kappa shape index (κ3) is 1.95. The third-order valence-corrected chi connectivity index (χ3v) is 2.04. The minimum absolute atomic E-state index is 0.0269. The molecule has 0 heterocycles. The number of halogens is 2. The van der Waals surface area contributed by atoms with Crippen molar-refractivity contribution in [2.24, 2.45) is 0 Å². The van der Waals surface area contributed by atoms with Crippen LogP contribution in [0, 0.1) is 0 Å². The summed E-state index contributed by atoms with van der Waals surface area (Å²) in [5, 5.41) is 18.3. The molecule has 78 valence electrons. The van der Waals surface area contributed by atoms with Crippen LogP contribution in [0.4, 0.5) is 8.78 Å². The molecule has 14 heavy (non-hydrogen) atoms.